The Morgan fingerprint density at radius 2 is 1.57 bits per heavy atom. The van der Waals surface area contributed by atoms with E-state index in [2.05, 4.69) is 10.3 Å². The molecule has 1 fully saturated rings. The maximum absolute atomic E-state index is 14.2. The predicted molar refractivity (Wildman–Crippen MR) is 156 cm³/mol. The largest absolute Gasteiger partial charge is 0.478 e. The summed E-state index contributed by atoms with van der Waals surface area (Å²) in [5, 5.41) is 21.5. The number of pyridine rings is 1. The highest BCUT2D eigenvalue weighted by molar-refractivity contribution is 7.99. The van der Waals surface area contributed by atoms with Crippen molar-refractivity contribution >= 4 is 29.3 Å². The van der Waals surface area contributed by atoms with Gasteiger partial charge in [0.1, 0.15) is 10.6 Å². The molecule has 1 aliphatic rings. The normalized spacial score (nSPS) is 19.5. The van der Waals surface area contributed by atoms with E-state index in [0.717, 1.165) is 5.56 Å². The van der Waals surface area contributed by atoms with Crippen molar-refractivity contribution in [2.75, 3.05) is 11.1 Å². The van der Waals surface area contributed by atoms with E-state index in [1.54, 1.807) is 30.3 Å². The number of aliphatic hydroxyl groups is 1. The van der Waals surface area contributed by atoms with Gasteiger partial charge < -0.3 is 25.0 Å². The fourth-order valence-corrected chi connectivity index (χ4v) is 6.05. The third kappa shape index (κ3) is 6.75. The van der Waals surface area contributed by atoms with Gasteiger partial charge in [0.2, 0.25) is 5.82 Å². The van der Waals surface area contributed by atoms with E-state index in [9.17, 15) is 41.8 Å². The first-order valence-corrected chi connectivity index (χ1v) is 14.7. The molecule has 0 spiro atoms. The average Bonchev–Trinajstić information content (AvgIpc) is 3.06. The molecule has 4 unspecified atom stereocenters. The number of aromatic nitrogens is 1. The first-order chi connectivity index (χ1) is 22.0. The number of nitrogens with zero attached hydrogens (tertiary/aromatic N) is 1. The number of hydrogen-bond acceptors (Lipinski definition) is 7. The quantitative estimate of drug-likeness (QED) is 0.0777. The first-order valence-electron chi connectivity index (χ1n) is 13.7. The summed E-state index contributed by atoms with van der Waals surface area (Å²) in [4.78, 5) is 28.5. The Labute approximate surface area is 263 Å². The molecule has 8 nitrogen and oxygen atoms in total. The van der Waals surface area contributed by atoms with Crippen molar-refractivity contribution < 1.29 is 51.2 Å². The van der Waals surface area contributed by atoms with Gasteiger partial charge in [-0.15, -0.1) is 11.8 Å². The lowest BCUT2D eigenvalue weighted by molar-refractivity contribution is -0.268. The van der Waals surface area contributed by atoms with Crippen LogP contribution in [0, 0.1) is 35.0 Å². The zero-order valence-electron chi connectivity index (χ0n) is 23.8. The number of carboxylic acids is 1. The number of rotatable bonds is 9. The van der Waals surface area contributed by atoms with Gasteiger partial charge in [0.15, 0.2) is 29.6 Å². The van der Waals surface area contributed by atoms with Crippen LogP contribution in [0.15, 0.2) is 71.9 Å². The fraction of sp³-hybridized carbons (Fsp3) is 0.219. The molecular weight excluding hydrogens is 635 g/mol. The Kier molecular flexibility index (Phi) is 10.0. The number of halogens is 5. The van der Waals surface area contributed by atoms with Gasteiger partial charge in [-0.25, -0.2) is 31.7 Å². The second-order valence-electron chi connectivity index (χ2n) is 10.3. The second kappa shape index (κ2) is 14.0. The van der Waals surface area contributed by atoms with Gasteiger partial charge in [-0.3, -0.25) is 4.79 Å². The van der Waals surface area contributed by atoms with Crippen molar-refractivity contribution in [2.45, 2.75) is 37.1 Å². The number of anilines is 1. The molecule has 3 N–H and O–H groups in total. The van der Waals surface area contributed by atoms with Gasteiger partial charge >= 0.3 is 5.97 Å². The molecule has 2 heterocycles. The highest BCUT2D eigenvalue weighted by Crippen LogP contribution is 2.43. The van der Waals surface area contributed by atoms with Crippen molar-refractivity contribution in [3.8, 4) is 0 Å². The summed E-state index contributed by atoms with van der Waals surface area (Å²) in [5.74, 6) is -14.1. The van der Waals surface area contributed by atoms with Crippen molar-refractivity contribution in [1.29, 1.82) is 0 Å². The third-order valence-electron chi connectivity index (χ3n) is 7.36. The standard InChI is InChI=1S/C32H25F5N2O6S/c1-15-21(14-46-30-20(31(42)43)6-3-11-38-30)44-32(45-28(15)17-9-7-16(13-40)8-10-17)18-4-2-5-19(12-18)39-29(41)22-23(33)25(35)27(37)26(36)24(22)34/h2-12,15,21,28,32,40H,13-14H2,1H3,(H,39,41)(H,42,43). The lowest BCUT2D eigenvalue weighted by atomic mass is 9.91. The van der Waals surface area contributed by atoms with E-state index in [1.165, 1.54) is 48.3 Å². The summed E-state index contributed by atoms with van der Waals surface area (Å²) in [7, 11) is 0. The molecule has 14 heteroatoms. The second-order valence-corrected chi connectivity index (χ2v) is 11.3. The number of ether oxygens (including phenoxy) is 2. The fourth-order valence-electron chi connectivity index (χ4n) is 4.90. The van der Waals surface area contributed by atoms with Crippen LogP contribution in [-0.2, 0) is 16.1 Å². The van der Waals surface area contributed by atoms with Crippen LogP contribution in [-0.4, -0.2) is 38.9 Å². The Balaban J connectivity index is 1.43. The number of carbonyl (C=O) groups excluding carboxylic acids is 1. The lowest BCUT2D eigenvalue weighted by Gasteiger charge is -2.41. The predicted octanol–water partition coefficient (Wildman–Crippen LogP) is 6.80. The minimum Gasteiger partial charge on any atom is -0.478 e. The van der Waals surface area contributed by atoms with E-state index in [-0.39, 0.29) is 34.6 Å². The van der Waals surface area contributed by atoms with Crippen LogP contribution in [0.4, 0.5) is 27.6 Å². The highest BCUT2D eigenvalue weighted by Gasteiger charge is 2.39. The van der Waals surface area contributed by atoms with Crippen LogP contribution in [0.2, 0.25) is 0 Å². The highest BCUT2D eigenvalue weighted by atomic mass is 32.2. The molecule has 0 radical (unpaired) electrons. The van der Waals surface area contributed by atoms with Gasteiger partial charge in [-0.1, -0.05) is 43.3 Å². The number of benzene rings is 3. The number of aliphatic hydroxyl groups excluding tert-OH is 1. The maximum atomic E-state index is 14.2. The molecule has 1 amide bonds. The molecule has 0 aliphatic carbocycles. The zero-order valence-corrected chi connectivity index (χ0v) is 24.7. The number of carboxylic acid groups (broad SMARTS) is 1. The third-order valence-corrected chi connectivity index (χ3v) is 8.46. The molecular formula is C32H25F5N2O6S. The van der Waals surface area contributed by atoms with E-state index in [0.29, 0.717) is 11.1 Å². The van der Waals surface area contributed by atoms with Crippen molar-refractivity contribution in [3.63, 3.8) is 0 Å². The molecule has 5 rings (SSSR count). The summed E-state index contributed by atoms with van der Waals surface area (Å²) in [6.07, 6.45) is -0.699. The van der Waals surface area contributed by atoms with E-state index in [1.807, 2.05) is 6.92 Å². The molecule has 240 valence electrons. The molecule has 1 aromatic heterocycles. The Morgan fingerprint density at radius 3 is 2.22 bits per heavy atom. The van der Waals surface area contributed by atoms with E-state index >= 15 is 0 Å². The Morgan fingerprint density at radius 1 is 0.891 bits per heavy atom. The molecule has 46 heavy (non-hydrogen) atoms. The Hall–Kier alpha value is -4.37. The number of thioether (sulfide) groups is 1. The van der Waals surface area contributed by atoms with Crippen LogP contribution >= 0.6 is 11.8 Å². The number of aromatic carboxylic acids is 1. The zero-order chi connectivity index (χ0) is 33.1. The minimum absolute atomic E-state index is 0.0251. The summed E-state index contributed by atoms with van der Waals surface area (Å²) in [6, 6.07) is 15.8. The monoisotopic (exact) mass is 660 g/mol. The van der Waals surface area contributed by atoms with E-state index < -0.39 is 65.0 Å². The summed E-state index contributed by atoms with van der Waals surface area (Å²) in [5.41, 5.74) is 0.120. The lowest BCUT2D eigenvalue weighted by Crippen LogP contribution is -2.38. The average molecular weight is 661 g/mol. The number of carbonyl (C=O) groups is 2. The van der Waals surface area contributed by atoms with Gasteiger partial charge in [0.05, 0.1) is 24.4 Å². The minimum atomic E-state index is -2.38. The smallest absolute Gasteiger partial charge is 0.338 e. The molecule has 1 aliphatic heterocycles. The molecule has 0 saturated carbocycles. The summed E-state index contributed by atoms with van der Waals surface area (Å²) in [6.45, 7) is 1.73. The summed E-state index contributed by atoms with van der Waals surface area (Å²) >= 11 is 1.18. The van der Waals surface area contributed by atoms with Crippen LogP contribution < -0.4 is 5.32 Å². The number of amides is 1. The topological polar surface area (TPSA) is 118 Å². The van der Waals surface area contributed by atoms with Crippen molar-refractivity contribution in [2.24, 2.45) is 5.92 Å². The molecule has 4 aromatic rings. The SMILES string of the molecule is CC1C(CSc2ncccc2C(=O)O)OC(c2cccc(NC(=O)c3c(F)c(F)c(F)c(F)c3F)c2)OC1c1ccc(CO)cc1. The molecule has 1 saturated heterocycles. The van der Waals surface area contributed by atoms with Gasteiger partial charge in [-0.05, 0) is 35.4 Å². The van der Waals surface area contributed by atoms with Crippen LogP contribution in [0.1, 0.15) is 56.7 Å². The number of nitrogens with one attached hydrogen (secondary N) is 1. The van der Waals surface area contributed by atoms with Crippen LogP contribution in [0.5, 0.6) is 0 Å². The number of hydrogen-bond donors (Lipinski definition) is 3. The van der Waals surface area contributed by atoms with Crippen LogP contribution in [0.3, 0.4) is 0 Å². The van der Waals surface area contributed by atoms with Crippen molar-refractivity contribution in [1.82, 2.24) is 4.98 Å². The Bertz CT molecular complexity index is 1750. The maximum Gasteiger partial charge on any atom is 0.338 e. The van der Waals surface area contributed by atoms with Gasteiger partial charge in [0.25, 0.3) is 5.91 Å². The molecule has 4 atom stereocenters. The first kappa shape index (κ1) is 33.0. The van der Waals surface area contributed by atoms with E-state index in [4.69, 9.17) is 9.47 Å². The van der Waals surface area contributed by atoms with Crippen LogP contribution in [0.25, 0.3) is 0 Å². The van der Waals surface area contributed by atoms with Gasteiger partial charge in [-0.2, -0.15) is 0 Å². The molecule has 3 aromatic carbocycles. The molecule has 0 bridgehead atoms. The van der Waals surface area contributed by atoms with Gasteiger partial charge in [0, 0.05) is 29.1 Å². The van der Waals surface area contributed by atoms with Crippen molar-refractivity contribution in [3.05, 3.63) is 124 Å². The summed E-state index contributed by atoms with van der Waals surface area (Å²) < 4.78 is 82.0.